The van der Waals surface area contributed by atoms with Gasteiger partial charge in [0, 0.05) is 36.8 Å². The maximum absolute atomic E-state index is 14.0. The highest BCUT2D eigenvalue weighted by molar-refractivity contribution is 6.30. The Labute approximate surface area is 217 Å². The number of fused-ring (bicyclic) bond motifs is 3. The van der Waals surface area contributed by atoms with Crippen molar-refractivity contribution in [2.24, 2.45) is 0 Å². The summed E-state index contributed by atoms with van der Waals surface area (Å²) in [6.07, 6.45) is -0.664. The lowest BCUT2D eigenvalue weighted by atomic mass is 9.77. The number of aliphatic hydroxyl groups is 1. The lowest BCUT2D eigenvalue weighted by Gasteiger charge is -2.41. The highest BCUT2D eigenvalue weighted by atomic mass is 35.5. The third-order valence-electron chi connectivity index (χ3n) is 8.10. The molecule has 2 aromatic carbocycles. The van der Waals surface area contributed by atoms with E-state index in [0.29, 0.717) is 31.0 Å². The molecule has 2 aliphatic heterocycles. The van der Waals surface area contributed by atoms with Gasteiger partial charge in [0.25, 0.3) is 0 Å². The van der Waals surface area contributed by atoms with Crippen LogP contribution in [0.2, 0.25) is 5.02 Å². The molecular weight excluding hydrogens is 507 g/mol. The highest BCUT2D eigenvalue weighted by Gasteiger charge is 2.43. The van der Waals surface area contributed by atoms with Crippen molar-refractivity contribution in [1.82, 2.24) is 14.5 Å². The molecule has 3 heterocycles. The second kappa shape index (κ2) is 8.86. The first kappa shape index (κ1) is 25.0. The summed E-state index contributed by atoms with van der Waals surface area (Å²) in [4.78, 5) is 6.48. The van der Waals surface area contributed by atoms with Crippen LogP contribution in [0.3, 0.4) is 0 Å². The van der Waals surface area contributed by atoms with E-state index in [2.05, 4.69) is 9.88 Å². The van der Waals surface area contributed by atoms with Gasteiger partial charge in [-0.15, -0.1) is 0 Å². The van der Waals surface area contributed by atoms with E-state index in [9.17, 15) is 18.3 Å². The minimum absolute atomic E-state index is 0.0404. The number of imidazole rings is 1. The van der Waals surface area contributed by atoms with Crippen molar-refractivity contribution in [2.45, 2.75) is 62.6 Å². The molecule has 0 atom stereocenters. The molecule has 3 aromatic rings. The van der Waals surface area contributed by atoms with Crippen LogP contribution in [0, 0.1) is 0 Å². The predicted molar refractivity (Wildman–Crippen MR) is 133 cm³/mol. The highest BCUT2D eigenvalue weighted by Crippen LogP contribution is 2.46. The number of aromatic nitrogens is 2. The second-order valence-corrected chi connectivity index (χ2v) is 11.3. The topological polar surface area (TPSA) is 59.8 Å². The number of alkyl halides is 3. The number of halogens is 4. The third kappa shape index (κ3) is 4.60. The molecule has 198 valence electrons. The normalized spacial score (nSPS) is 25.4. The summed E-state index contributed by atoms with van der Waals surface area (Å²) in [5, 5.41) is 10.8. The zero-order valence-electron chi connectivity index (χ0n) is 20.5. The quantitative estimate of drug-likeness (QED) is 0.454. The van der Waals surface area contributed by atoms with Crippen molar-refractivity contribution < 1.29 is 27.8 Å². The van der Waals surface area contributed by atoms with Gasteiger partial charge in [-0.2, -0.15) is 13.2 Å². The molecule has 1 aromatic heterocycles. The van der Waals surface area contributed by atoms with E-state index in [0.717, 1.165) is 32.0 Å². The summed E-state index contributed by atoms with van der Waals surface area (Å²) in [6, 6.07) is 8.34. The van der Waals surface area contributed by atoms with Crippen molar-refractivity contribution in [3.8, 4) is 5.75 Å². The Morgan fingerprint density at radius 3 is 2.65 bits per heavy atom. The molecule has 6 rings (SSSR count). The van der Waals surface area contributed by atoms with Gasteiger partial charge in [-0.05, 0) is 61.9 Å². The van der Waals surface area contributed by atoms with Gasteiger partial charge in [-0.25, -0.2) is 4.98 Å². The van der Waals surface area contributed by atoms with Crippen LogP contribution in [0.15, 0.2) is 36.7 Å². The fourth-order valence-corrected chi connectivity index (χ4v) is 6.28. The molecule has 3 aliphatic rings. The summed E-state index contributed by atoms with van der Waals surface area (Å²) in [6.45, 7) is 4.76. The zero-order valence-corrected chi connectivity index (χ0v) is 21.3. The second-order valence-electron chi connectivity index (χ2n) is 10.8. The van der Waals surface area contributed by atoms with Crippen LogP contribution in [0.1, 0.15) is 55.3 Å². The Bertz CT molecular complexity index is 1320. The molecular formula is C27H29ClF3N3O3. The van der Waals surface area contributed by atoms with Crippen molar-refractivity contribution in [3.63, 3.8) is 0 Å². The number of hydrogen-bond acceptors (Lipinski definition) is 5. The predicted octanol–water partition coefficient (Wildman–Crippen LogP) is 5.69. The summed E-state index contributed by atoms with van der Waals surface area (Å²) in [7, 11) is 0. The minimum atomic E-state index is -4.55. The van der Waals surface area contributed by atoms with Gasteiger partial charge in [-0.1, -0.05) is 17.7 Å². The van der Waals surface area contributed by atoms with Gasteiger partial charge in [0.2, 0.25) is 0 Å². The van der Waals surface area contributed by atoms with Crippen LogP contribution in [0.4, 0.5) is 13.2 Å². The zero-order chi connectivity index (χ0) is 26.0. The first-order chi connectivity index (χ1) is 17.5. The van der Waals surface area contributed by atoms with Crippen LogP contribution in [0.25, 0.3) is 11.0 Å². The van der Waals surface area contributed by atoms with E-state index in [1.807, 2.05) is 18.2 Å². The molecule has 1 N–H and O–H groups in total. The number of likely N-dealkylation sites (tertiary alicyclic amines) is 1. The maximum Gasteiger partial charge on any atom is 0.418 e. The SMILES string of the molecule is CC1(O)CC(n2cnc3cc(OCCN4CCC5(CC4)OCc4ccc(Cl)cc45)cc(C(F)(F)F)c32)C1. The molecule has 0 radical (unpaired) electrons. The fourth-order valence-electron chi connectivity index (χ4n) is 6.11. The van der Waals surface area contributed by atoms with Gasteiger partial charge in [0.05, 0.1) is 40.7 Å². The minimum Gasteiger partial charge on any atom is -0.492 e. The summed E-state index contributed by atoms with van der Waals surface area (Å²) in [5.41, 5.74) is 0.718. The molecule has 0 unspecified atom stereocenters. The van der Waals surface area contributed by atoms with Crippen molar-refractivity contribution >= 4 is 22.6 Å². The van der Waals surface area contributed by atoms with Crippen molar-refractivity contribution in [2.75, 3.05) is 26.2 Å². The molecule has 1 saturated carbocycles. The number of rotatable bonds is 5. The Balaban J connectivity index is 1.11. The van der Waals surface area contributed by atoms with E-state index in [-0.39, 0.29) is 35.0 Å². The Hall–Kier alpha value is -2.33. The number of piperidine rings is 1. The maximum atomic E-state index is 14.0. The van der Waals surface area contributed by atoms with Crippen LogP contribution in [-0.4, -0.2) is 51.4 Å². The number of ether oxygens (including phenoxy) is 2. The standard InChI is InChI=1S/C27H29ClF3N3O3/c1-25(35)13-19(14-25)34-16-32-23-12-20(11-22(24(23)34)27(29,30)31)36-9-8-33-6-4-26(5-7-33)21-10-18(28)3-2-17(21)15-37-26/h2-3,10-12,16,19,35H,4-9,13-15H2,1H3. The molecule has 0 amide bonds. The summed E-state index contributed by atoms with van der Waals surface area (Å²) < 4.78 is 55.6. The van der Waals surface area contributed by atoms with Gasteiger partial charge in [0.1, 0.15) is 12.4 Å². The van der Waals surface area contributed by atoms with Crippen LogP contribution in [-0.2, 0) is 23.1 Å². The van der Waals surface area contributed by atoms with E-state index in [1.165, 1.54) is 17.5 Å². The fraction of sp³-hybridized carbons (Fsp3) is 0.519. The first-order valence-corrected chi connectivity index (χ1v) is 13.0. The molecule has 1 spiro atoms. The first-order valence-electron chi connectivity index (χ1n) is 12.6. The summed E-state index contributed by atoms with van der Waals surface area (Å²) in [5.74, 6) is 0.154. The third-order valence-corrected chi connectivity index (χ3v) is 8.33. The summed E-state index contributed by atoms with van der Waals surface area (Å²) >= 11 is 6.23. The largest absolute Gasteiger partial charge is 0.492 e. The smallest absolute Gasteiger partial charge is 0.418 e. The molecule has 2 fully saturated rings. The molecule has 10 heteroatoms. The van der Waals surface area contributed by atoms with Crippen molar-refractivity contribution in [3.05, 3.63) is 58.4 Å². The van der Waals surface area contributed by atoms with Gasteiger partial charge in [-0.3, -0.25) is 4.90 Å². The van der Waals surface area contributed by atoms with Gasteiger partial charge in [0.15, 0.2) is 0 Å². The average Bonchev–Trinajstić information content (AvgIpc) is 3.39. The van der Waals surface area contributed by atoms with Gasteiger partial charge >= 0.3 is 6.18 Å². The van der Waals surface area contributed by atoms with Crippen molar-refractivity contribution in [1.29, 1.82) is 0 Å². The monoisotopic (exact) mass is 535 g/mol. The number of benzene rings is 2. The average molecular weight is 536 g/mol. The van der Waals surface area contributed by atoms with E-state index in [4.69, 9.17) is 21.1 Å². The Kier molecular flexibility index (Phi) is 5.98. The number of nitrogens with zero attached hydrogens (tertiary/aromatic N) is 3. The number of hydrogen-bond donors (Lipinski definition) is 1. The molecule has 1 aliphatic carbocycles. The van der Waals surface area contributed by atoms with Crippen LogP contribution < -0.4 is 4.74 Å². The lowest BCUT2D eigenvalue weighted by molar-refractivity contribution is -0.136. The van der Waals surface area contributed by atoms with E-state index >= 15 is 0 Å². The van der Waals surface area contributed by atoms with Crippen LogP contribution in [0.5, 0.6) is 5.75 Å². The lowest BCUT2D eigenvalue weighted by Crippen LogP contribution is -2.43. The molecule has 6 nitrogen and oxygen atoms in total. The molecule has 0 bridgehead atoms. The Morgan fingerprint density at radius 2 is 1.95 bits per heavy atom. The van der Waals surface area contributed by atoms with E-state index in [1.54, 1.807) is 17.6 Å². The van der Waals surface area contributed by atoms with Crippen LogP contribution >= 0.6 is 11.6 Å². The van der Waals surface area contributed by atoms with E-state index < -0.39 is 17.3 Å². The molecule has 1 saturated heterocycles. The van der Waals surface area contributed by atoms with Gasteiger partial charge < -0.3 is 19.1 Å². The molecule has 37 heavy (non-hydrogen) atoms. The Morgan fingerprint density at radius 1 is 1.19 bits per heavy atom.